The number of hydrogen-bond donors (Lipinski definition) is 1. The predicted molar refractivity (Wildman–Crippen MR) is 178 cm³/mol. The van der Waals surface area contributed by atoms with Crippen molar-refractivity contribution in [3.63, 3.8) is 0 Å². The summed E-state index contributed by atoms with van der Waals surface area (Å²) >= 11 is 0. The third-order valence-corrected chi connectivity index (χ3v) is 6.79. The van der Waals surface area contributed by atoms with E-state index in [0.29, 0.717) is 5.56 Å². The Morgan fingerprint density at radius 1 is 0.735 bits per heavy atom. The van der Waals surface area contributed by atoms with Gasteiger partial charge in [-0.05, 0) is 64.8 Å². The number of ether oxygens (including phenoxy) is 4. The molecule has 0 fully saturated rings. The number of esters is 2. The van der Waals surface area contributed by atoms with Crippen molar-refractivity contribution in [1.82, 2.24) is 5.32 Å². The lowest BCUT2D eigenvalue weighted by molar-refractivity contribution is -0.385. The Morgan fingerprint density at radius 3 is 1.86 bits per heavy atom. The molecule has 0 aliphatic rings. The van der Waals surface area contributed by atoms with Gasteiger partial charge in [0.2, 0.25) is 11.2 Å². The fourth-order valence-corrected chi connectivity index (χ4v) is 5.03. The van der Waals surface area contributed by atoms with E-state index in [-0.39, 0.29) is 51.6 Å². The average molecular weight is 678 g/mol. The highest BCUT2D eigenvalue weighted by Gasteiger charge is 2.30. The maximum atomic E-state index is 14.0. The third kappa shape index (κ3) is 8.81. The molecule has 0 heterocycles. The van der Waals surface area contributed by atoms with Crippen molar-refractivity contribution in [2.45, 2.75) is 65.8 Å². The quantitative estimate of drug-likeness (QED) is 0.123. The first-order valence-electron chi connectivity index (χ1n) is 15.1. The van der Waals surface area contributed by atoms with Gasteiger partial charge in [-0.2, -0.15) is 0 Å². The molecule has 0 radical (unpaired) electrons. The van der Waals surface area contributed by atoms with E-state index < -0.39 is 68.5 Å². The number of nitro groups is 2. The van der Waals surface area contributed by atoms with E-state index in [9.17, 15) is 39.4 Å². The highest BCUT2D eigenvalue weighted by molar-refractivity contribution is 5.98. The van der Waals surface area contributed by atoms with E-state index in [0.717, 1.165) is 0 Å². The van der Waals surface area contributed by atoms with Crippen LogP contribution < -0.4 is 25.6 Å². The van der Waals surface area contributed by atoms with Crippen molar-refractivity contribution in [2.75, 3.05) is 13.2 Å². The van der Waals surface area contributed by atoms with Gasteiger partial charge in [0.25, 0.3) is 0 Å². The zero-order chi connectivity index (χ0) is 36.3. The fraction of sp³-hybridized carbons (Fsp3) is 0.353. The molecule has 0 aliphatic carbocycles. The minimum Gasteiger partial charge on any atom is -0.475 e. The summed E-state index contributed by atoms with van der Waals surface area (Å²) in [6.45, 7) is 8.44. The van der Waals surface area contributed by atoms with Crippen molar-refractivity contribution in [3.05, 3.63) is 100 Å². The van der Waals surface area contributed by atoms with E-state index in [2.05, 4.69) is 5.32 Å². The highest BCUT2D eigenvalue weighted by Crippen LogP contribution is 2.37. The molecule has 0 saturated carbocycles. The summed E-state index contributed by atoms with van der Waals surface area (Å²) in [5, 5.41) is 26.4. The van der Waals surface area contributed by atoms with Crippen LogP contribution >= 0.6 is 0 Å². The first kappa shape index (κ1) is 36.1. The van der Waals surface area contributed by atoms with Gasteiger partial charge in [0.05, 0.1) is 15.2 Å². The topological polar surface area (TPSA) is 204 Å². The van der Waals surface area contributed by atoms with Crippen LogP contribution in [0.15, 0.2) is 58.1 Å². The molecule has 0 spiro atoms. The zero-order valence-corrected chi connectivity index (χ0v) is 27.7. The Kier molecular flexibility index (Phi) is 10.5. The van der Waals surface area contributed by atoms with Crippen LogP contribution in [0, 0.1) is 20.2 Å². The number of hydrogen-bond acceptors (Lipinski definition) is 13. The lowest BCUT2D eigenvalue weighted by Gasteiger charge is -2.20. The molecular weight excluding hydrogens is 642 g/mol. The van der Waals surface area contributed by atoms with Crippen molar-refractivity contribution in [2.24, 2.45) is 0 Å². The van der Waals surface area contributed by atoms with Gasteiger partial charge in [-0.15, -0.1) is 0 Å². The number of nitrogens with one attached hydrogen (secondary N) is 1. The second kappa shape index (κ2) is 14.2. The molecule has 5 aromatic carbocycles. The monoisotopic (exact) mass is 677 g/mol. The van der Waals surface area contributed by atoms with E-state index >= 15 is 0 Å². The van der Waals surface area contributed by atoms with Crippen molar-refractivity contribution in [3.8, 4) is 11.5 Å². The number of nitro benzene ring substituents is 2. The zero-order valence-electron chi connectivity index (χ0n) is 27.7. The maximum absolute atomic E-state index is 14.0. The van der Waals surface area contributed by atoms with Gasteiger partial charge in [-0.3, -0.25) is 29.8 Å². The van der Waals surface area contributed by atoms with Gasteiger partial charge >= 0.3 is 23.3 Å². The Bertz CT molecular complexity index is 2070. The SMILES string of the molecule is CC(C)(C)OC(=O)COc1cc(CNCc2cc3c([N+](=O)[O-])c(OCC(=O)OC(C)(C)C)c2c(=O)c2ccccc2c3=O)ccc1[N+](=O)[O-]. The Morgan fingerprint density at radius 2 is 1.31 bits per heavy atom. The van der Waals surface area contributed by atoms with Gasteiger partial charge in [0.1, 0.15) is 16.6 Å². The molecule has 258 valence electrons. The molecular formula is C34H35N3O12. The number of carbonyl (C=O) groups excluding carboxylic acids is 2. The standard InChI is InChI=1S/C34H35N3O12/c1-33(2,3)48-26(38)17-46-25-13-19(11-12-24(25)36(42)43)15-35-16-20-14-23-29(37(44)45)32(47-18-27(39)49-34(4,5)6)28(20)31(41)22-10-8-7-9-21(22)30(23)40/h7-14,35H,15-18H2,1-6H3. The summed E-state index contributed by atoms with van der Waals surface area (Å²) in [6.07, 6.45) is 0. The molecule has 0 atom stereocenters. The Balaban J connectivity index is 1.73. The van der Waals surface area contributed by atoms with Crippen LogP contribution in [0.25, 0.3) is 21.5 Å². The van der Waals surface area contributed by atoms with Crippen LogP contribution in [-0.4, -0.2) is 46.2 Å². The first-order chi connectivity index (χ1) is 22.9. The smallest absolute Gasteiger partial charge is 0.344 e. The molecule has 15 heteroatoms. The van der Waals surface area contributed by atoms with Crippen LogP contribution in [0.4, 0.5) is 11.4 Å². The van der Waals surface area contributed by atoms with Crippen molar-refractivity contribution < 1.29 is 38.4 Å². The second-order valence-electron chi connectivity index (χ2n) is 13.0. The molecule has 5 aromatic rings. The number of benzene rings is 3. The van der Waals surface area contributed by atoms with Crippen LogP contribution in [-0.2, 0) is 32.2 Å². The molecule has 49 heavy (non-hydrogen) atoms. The summed E-state index contributed by atoms with van der Waals surface area (Å²) < 4.78 is 21.5. The van der Waals surface area contributed by atoms with E-state index in [4.69, 9.17) is 18.9 Å². The van der Waals surface area contributed by atoms with Crippen molar-refractivity contribution in [1.29, 1.82) is 0 Å². The summed E-state index contributed by atoms with van der Waals surface area (Å²) in [5.41, 5.74) is -3.70. The molecule has 5 rings (SSSR count). The van der Waals surface area contributed by atoms with Gasteiger partial charge in [0, 0.05) is 29.9 Å². The molecule has 2 bridgehead atoms. The largest absolute Gasteiger partial charge is 0.475 e. The summed E-state index contributed by atoms with van der Waals surface area (Å²) in [7, 11) is 0. The number of fused-ring (bicyclic) bond motifs is 2. The second-order valence-corrected chi connectivity index (χ2v) is 13.0. The molecule has 1 N–H and O–H groups in total. The molecule has 0 unspecified atom stereocenters. The van der Waals surface area contributed by atoms with E-state index in [1.165, 1.54) is 42.5 Å². The molecule has 15 nitrogen and oxygen atoms in total. The molecule has 0 aromatic heterocycles. The summed E-state index contributed by atoms with van der Waals surface area (Å²) in [6, 6.07) is 11.1. The lowest BCUT2D eigenvalue weighted by atomic mass is 9.98. The van der Waals surface area contributed by atoms with Gasteiger partial charge in [0.15, 0.2) is 24.4 Å². The number of nitrogens with zero attached hydrogens (tertiary/aromatic N) is 2. The van der Waals surface area contributed by atoms with Crippen LogP contribution in [0.2, 0.25) is 0 Å². The number of carbonyl (C=O) groups is 2. The fourth-order valence-electron chi connectivity index (χ4n) is 5.03. The first-order valence-corrected chi connectivity index (χ1v) is 15.1. The van der Waals surface area contributed by atoms with Gasteiger partial charge in [-0.1, -0.05) is 30.3 Å². The van der Waals surface area contributed by atoms with Crippen molar-refractivity contribution >= 4 is 44.9 Å². The normalized spacial score (nSPS) is 11.7. The van der Waals surface area contributed by atoms with Crippen LogP contribution in [0.5, 0.6) is 11.5 Å². The molecule has 0 aliphatic heterocycles. The summed E-state index contributed by atoms with van der Waals surface area (Å²) in [5.74, 6) is -2.31. The minimum atomic E-state index is -0.888. The minimum absolute atomic E-state index is 0.00601. The Labute approximate surface area is 279 Å². The highest BCUT2D eigenvalue weighted by atomic mass is 16.6. The number of rotatable bonds is 12. The predicted octanol–water partition coefficient (Wildman–Crippen LogP) is 4.70. The van der Waals surface area contributed by atoms with E-state index in [1.54, 1.807) is 47.6 Å². The molecule has 0 amide bonds. The molecule has 0 saturated heterocycles. The Hall–Kier alpha value is -5.70. The van der Waals surface area contributed by atoms with Gasteiger partial charge < -0.3 is 24.3 Å². The third-order valence-electron chi connectivity index (χ3n) is 6.79. The average Bonchev–Trinajstić information content (AvgIpc) is 2.99. The maximum Gasteiger partial charge on any atom is 0.344 e. The van der Waals surface area contributed by atoms with Gasteiger partial charge in [-0.25, -0.2) is 9.59 Å². The summed E-state index contributed by atoms with van der Waals surface area (Å²) in [4.78, 5) is 74.8. The van der Waals surface area contributed by atoms with Crippen LogP contribution in [0.3, 0.4) is 0 Å². The van der Waals surface area contributed by atoms with E-state index in [1.807, 2.05) is 0 Å². The van der Waals surface area contributed by atoms with Crippen LogP contribution in [0.1, 0.15) is 52.7 Å². The lowest BCUT2D eigenvalue weighted by Crippen LogP contribution is -2.28.